The largest absolute Gasteiger partial charge is 0.462 e. The minimum Gasteiger partial charge on any atom is -0.462 e. The fourth-order valence-electron chi connectivity index (χ4n) is 5.98. The number of hydrogen-bond donors (Lipinski definition) is 2. The average molecular weight is 547 g/mol. The second kappa shape index (κ2) is 10.6. The van der Waals surface area contributed by atoms with E-state index in [4.69, 9.17) is 9.72 Å². The first-order valence-electron chi connectivity index (χ1n) is 13.8. The smallest absolute Gasteiger partial charge is 0.316 e. The lowest BCUT2D eigenvalue weighted by Crippen LogP contribution is -2.54. The molecule has 1 unspecified atom stereocenters. The highest BCUT2D eigenvalue weighted by Crippen LogP contribution is 2.31. The van der Waals surface area contributed by atoms with Gasteiger partial charge in [-0.15, -0.1) is 0 Å². The van der Waals surface area contributed by atoms with E-state index in [-0.39, 0.29) is 17.4 Å². The van der Waals surface area contributed by atoms with Gasteiger partial charge in [0.05, 0.1) is 11.1 Å². The van der Waals surface area contributed by atoms with Gasteiger partial charge in [0, 0.05) is 72.8 Å². The number of piperazine rings is 1. The lowest BCUT2D eigenvalue weighted by molar-refractivity contribution is 0.102. The predicted octanol–water partition coefficient (Wildman–Crippen LogP) is 3.57. The molecule has 2 fully saturated rings. The maximum atomic E-state index is 14.7. The minimum absolute atomic E-state index is 0.240. The van der Waals surface area contributed by atoms with Gasteiger partial charge in [-0.05, 0) is 64.5 Å². The Balaban J connectivity index is 1.35. The molecule has 40 heavy (non-hydrogen) atoms. The Kier molecular flexibility index (Phi) is 7.01. The maximum Gasteiger partial charge on any atom is 0.316 e. The number of rotatable bonds is 6. The second-order valence-corrected chi connectivity index (χ2v) is 11.2. The van der Waals surface area contributed by atoms with Crippen molar-refractivity contribution in [1.82, 2.24) is 30.0 Å². The number of hydrogen-bond acceptors (Lipinski definition) is 8. The first-order valence-corrected chi connectivity index (χ1v) is 13.8. The summed E-state index contributed by atoms with van der Waals surface area (Å²) in [5.74, 6) is -0.883. The number of aryl methyl sites for hydroxylation is 1. The molecule has 2 aliphatic heterocycles. The molecule has 210 valence electrons. The number of anilines is 2. The lowest BCUT2D eigenvalue weighted by atomic mass is 10.0. The molecule has 2 aliphatic rings. The van der Waals surface area contributed by atoms with Gasteiger partial charge in [0.1, 0.15) is 12.1 Å². The molecule has 4 aromatic rings. The van der Waals surface area contributed by atoms with Gasteiger partial charge in [-0.1, -0.05) is 0 Å². The molecule has 0 saturated carbocycles. The van der Waals surface area contributed by atoms with Crippen LogP contribution in [0.3, 0.4) is 0 Å². The molecule has 2 N–H and O–H groups in total. The summed E-state index contributed by atoms with van der Waals surface area (Å²) in [6.45, 7) is 7.50. The van der Waals surface area contributed by atoms with Gasteiger partial charge in [0.25, 0.3) is 5.91 Å². The van der Waals surface area contributed by atoms with Crippen molar-refractivity contribution < 1.29 is 13.9 Å². The van der Waals surface area contributed by atoms with Crippen LogP contribution >= 0.6 is 0 Å². The van der Waals surface area contributed by atoms with Gasteiger partial charge in [0.15, 0.2) is 5.82 Å². The van der Waals surface area contributed by atoms with Gasteiger partial charge in [0.2, 0.25) is 0 Å². The summed E-state index contributed by atoms with van der Waals surface area (Å²) in [5.41, 5.74) is 2.45. The summed E-state index contributed by atoms with van der Waals surface area (Å²) >= 11 is 0. The number of fused-ring (bicyclic) bond motifs is 2. The van der Waals surface area contributed by atoms with Crippen LogP contribution in [0.25, 0.3) is 21.8 Å². The molecule has 0 aliphatic carbocycles. The number of nitrogens with zero attached hydrogens (tertiary/aromatic N) is 6. The van der Waals surface area contributed by atoms with E-state index in [9.17, 15) is 9.18 Å². The second-order valence-electron chi connectivity index (χ2n) is 11.2. The molecule has 3 atom stereocenters. The van der Waals surface area contributed by atoms with Crippen LogP contribution in [-0.2, 0) is 7.05 Å². The van der Waals surface area contributed by atoms with E-state index in [1.165, 1.54) is 6.07 Å². The van der Waals surface area contributed by atoms with E-state index < -0.39 is 5.82 Å². The first-order chi connectivity index (χ1) is 19.2. The molecule has 1 amide bonds. The third-order valence-electron chi connectivity index (χ3n) is 7.86. The maximum absolute atomic E-state index is 14.7. The van der Waals surface area contributed by atoms with Crippen LogP contribution in [-0.4, -0.2) is 82.0 Å². The van der Waals surface area contributed by atoms with Crippen LogP contribution in [0.1, 0.15) is 37.0 Å². The Morgan fingerprint density at radius 2 is 1.98 bits per heavy atom. The quantitative estimate of drug-likeness (QED) is 0.379. The zero-order valence-corrected chi connectivity index (χ0v) is 23.3. The highest BCUT2D eigenvalue weighted by atomic mass is 19.1. The number of likely N-dealkylation sites (N-methyl/N-ethyl adjacent to an activating group) is 1. The van der Waals surface area contributed by atoms with Gasteiger partial charge in [-0.25, -0.2) is 9.37 Å². The molecule has 0 bridgehead atoms. The van der Waals surface area contributed by atoms with Crippen molar-refractivity contribution in [3.8, 4) is 6.01 Å². The molecule has 0 spiro atoms. The normalized spacial score (nSPS) is 21.8. The van der Waals surface area contributed by atoms with Crippen molar-refractivity contribution in [2.75, 3.05) is 43.5 Å². The summed E-state index contributed by atoms with van der Waals surface area (Å²) in [4.78, 5) is 27.5. The predicted molar refractivity (Wildman–Crippen MR) is 154 cm³/mol. The highest BCUT2D eigenvalue weighted by Gasteiger charge is 2.26. The van der Waals surface area contributed by atoms with Crippen LogP contribution < -0.4 is 20.3 Å². The third kappa shape index (κ3) is 5.18. The van der Waals surface area contributed by atoms with Gasteiger partial charge in [-0.3, -0.25) is 9.48 Å². The van der Waals surface area contributed by atoms with Gasteiger partial charge >= 0.3 is 6.01 Å². The highest BCUT2D eigenvalue weighted by molar-refractivity contribution is 6.14. The van der Waals surface area contributed by atoms with Crippen LogP contribution in [0.5, 0.6) is 6.01 Å². The van der Waals surface area contributed by atoms with Gasteiger partial charge < -0.3 is 25.2 Å². The summed E-state index contributed by atoms with van der Waals surface area (Å²) in [5, 5.41) is 11.9. The van der Waals surface area contributed by atoms with Crippen molar-refractivity contribution in [2.24, 2.45) is 7.05 Å². The molecule has 10 nitrogen and oxygen atoms in total. The summed E-state index contributed by atoms with van der Waals surface area (Å²) < 4.78 is 22.3. The van der Waals surface area contributed by atoms with Crippen molar-refractivity contribution in [3.63, 3.8) is 0 Å². The van der Waals surface area contributed by atoms with E-state index >= 15 is 0 Å². The molecule has 2 aromatic carbocycles. The van der Waals surface area contributed by atoms with Crippen LogP contribution in [0.15, 0.2) is 36.7 Å². The van der Waals surface area contributed by atoms with Crippen molar-refractivity contribution >= 4 is 39.1 Å². The minimum atomic E-state index is -0.495. The fourth-order valence-corrected chi connectivity index (χ4v) is 5.98. The third-order valence-corrected chi connectivity index (χ3v) is 7.86. The molecule has 2 aromatic heterocycles. The lowest BCUT2D eigenvalue weighted by Gasteiger charge is -2.38. The zero-order valence-electron chi connectivity index (χ0n) is 23.3. The SMILES string of the molecule is C[C@H]1CN(c2ccc(C(=O)Nc3cc(F)c4nn(C)cc4c3)c3nc(OCC4CCCN4C)ncc23)C[C@H](C)N1. The number of halogens is 1. The summed E-state index contributed by atoms with van der Waals surface area (Å²) in [6.07, 6.45) is 5.68. The van der Waals surface area contributed by atoms with Crippen molar-refractivity contribution in [1.29, 1.82) is 0 Å². The van der Waals surface area contributed by atoms with E-state index in [1.54, 1.807) is 36.3 Å². The Bertz CT molecular complexity index is 1560. The average Bonchev–Trinajstić information content (AvgIpc) is 3.50. The molecule has 4 heterocycles. The Hall–Kier alpha value is -3.83. The van der Waals surface area contributed by atoms with E-state index in [0.717, 1.165) is 43.5 Å². The topological polar surface area (TPSA) is 100 Å². The number of amides is 1. The summed E-state index contributed by atoms with van der Waals surface area (Å²) in [6, 6.07) is 7.91. The first kappa shape index (κ1) is 26.4. The molecular formula is C29H35FN8O2. The number of benzene rings is 2. The number of likely N-dealkylation sites (tertiary alicyclic amines) is 1. The number of nitrogens with one attached hydrogen (secondary N) is 2. The number of ether oxygens (including phenoxy) is 1. The van der Waals surface area contributed by atoms with Gasteiger partial charge in [-0.2, -0.15) is 10.1 Å². The van der Waals surface area contributed by atoms with Crippen LogP contribution in [0.2, 0.25) is 0 Å². The number of carbonyl (C=O) groups excluding carboxylic acids is 1. The molecule has 2 saturated heterocycles. The van der Waals surface area contributed by atoms with Crippen molar-refractivity contribution in [3.05, 3.63) is 48.0 Å². The molecule has 6 rings (SSSR count). The van der Waals surface area contributed by atoms with E-state index in [2.05, 4.69) is 51.4 Å². The molecule has 0 radical (unpaired) electrons. The van der Waals surface area contributed by atoms with E-state index in [0.29, 0.717) is 46.9 Å². The zero-order chi connectivity index (χ0) is 28.0. The monoisotopic (exact) mass is 546 g/mol. The van der Waals surface area contributed by atoms with Crippen LogP contribution in [0.4, 0.5) is 15.8 Å². The Labute approximate surface area is 232 Å². The number of aromatic nitrogens is 4. The van der Waals surface area contributed by atoms with Crippen LogP contribution in [0, 0.1) is 5.82 Å². The fraction of sp³-hybridized carbons (Fsp3) is 0.448. The standard InChI is InChI=1S/C29H35FN8O2/c1-17-13-38(14-18(2)32-17)25-8-7-22(28(39)33-20-10-19-15-37(4)35-26(19)24(30)11-20)27-23(25)12-31-29(34-27)40-16-21-6-5-9-36(21)3/h7-8,10-12,15,17-18,21,32H,5-6,9,13-14,16H2,1-4H3,(H,33,39)/t17-,18-,21?/m0/s1. The van der Waals surface area contributed by atoms with Crippen molar-refractivity contribution in [2.45, 2.75) is 44.8 Å². The Morgan fingerprint density at radius 3 is 2.73 bits per heavy atom. The molecule has 11 heteroatoms. The molecular weight excluding hydrogens is 511 g/mol. The Morgan fingerprint density at radius 1 is 1.18 bits per heavy atom. The summed E-state index contributed by atoms with van der Waals surface area (Å²) in [7, 11) is 3.83. The van der Waals surface area contributed by atoms with E-state index in [1.807, 2.05) is 6.07 Å². The number of carbonyl (C=O) groups is 1.